The zero-order chi connectivity index (χ0) is 21.2. The Morgan fingerprint density at radius 3 is 2.28 bits per heavy atom. The fourth-order valence-electron chi connectivity index (χ4n) is 2.49. The van der Waals surface area contributed by atoms with Gasteiger partial charge in [0, 0.05) is 28.2 Å². The van der Waals surface area contributed by atoms with E-state index in [2.05, 4.69) is 19.7 Å². The summed E-state index contributed by atoms with van der Waals surface area (Å²) in [5.74, 6) is -0.130. The van der Waals surface area contributed by atoms with E-state index in [1.165, 1.54) is 42.6 Å². The number of hydrogen-bond acceptors (Lipinski definition) is 6. The lowest BCUT2D eigenvalue weighted by atomic mass is 10.2. The maximum absolute atomic E-state index is 12.5. The molecule has 7 nitrogen and oxygen atoms in total. The number of halogens is 2. The fraction of sp³-hybridized carbons (Fsp3) is 0.105. The minimum Gasteiger partial charge on any atom is -0.506 e. The first-order valence-corrected chi connectivity index (χ1v) is 10.6. The van der Waals surface area contributed by atoms with Crippen LogP contribution in [0.15, 0.2) is 52.4 Å². The van der Waals surface area contributed by atoms with Crippen molar-refractivity contribution in [3.05, 3.63) is 69.5 Å². The molecule has 0 fully saturated rings. The van der Waals surface area contributed by atoms with Gasteiger partial charge in [0.05, 0.1) is 15.6 Å². The predicted octanol–water partition coefficient (Wildman–Crippen LogP) is 4.66. The molecule has 10 heteroatoms. The third kappa shape index (κ3) is 5.23. The highest BCUT2D eigenvalue weighted by atomic mass is 35.5. The van der Waals surface area contributed by atoms with Gasteiger partial charge in [-0.2, -0.15) is 0 Å². The maximum Gasteiger partial charge on any atom is 0.264 e. The van der Waals surface area contributed by atoms with E-state index < -0.39 is 10.0 Å². The van der Waals surface area contributed by atoms with E-state index in [4.69, 9.17) is 23.2 Å². The Kier molecular flexibility index (Phi) is 6.07. The maximum atomic E-state index is 12.5. The van der Waals surface area contributed by atoms with Crippen LogP contribution in [0.4, 0.5) is 11.6 Å². The van der Waals surface area contributed by atoms with Crippen LogP contribution in [0, 0.1) is 13.8 Å². The van der Waals surface area contributed by atoms with Gasteiger partial charge in [0.15, 0.2) is 0 Å². The quantitative estimate of drug-likeness (QED) is 0.550. The van der Waals surface area contributed by atoms with Gasteiger partial charge in [-0.05, 0) is 56.3 Å². The molecular weight excluding hydrogens is 435 g/mol. The van der Waals surface area contributed by atoms with Crippen molar-refractivity contribution >= 4 is 51.1 Å². The number of aryl methyl sites for hydroxylation is 2. The van der Waals surface area contributed by atoms with Gasteiger partial charge >= 0.3 is 0 Å². The van der Waals surface area contributed by atoms with Crippen molar-refractivity contribution in [2.45, 2.75) is 18.7 Å². The van der Waals surface area contributed by atoms with Crippen LogP contribution in [0.25, 0.3) is 0 Å². The molecule has 2 aromatic carbocycles. The normalized spacial score (nSPS) is 11.7. The van der Waals surface area contributed by atoms with Gasteiger partial charge in [0.2, 0.25) is 5.95 Å². The average molecular weight is 451 g/mol. The number of nitrogens with zero attached hydrogens (tertiary/aromatic N) is 3. The van der Waals surface area contributed by atoms with E-state index in [1.54, 1.807) is 19.9 Å². The lowest BCUT2D eigenvalue weighted by Gasteiger charge is -2.08. The molecule has 0 saturated carbocycles. The Labute approximate surface area is 178 Å². The molecule has 0 bridgehead atoms. The van der Waals surface area contributed by atoms with E-state index in [-0.39, 0.29) is 21.6 Å². The molecule has 0 saturated heterocycles. The van der Waals surface area contributed by atoms with Crippen LogP contribution in [-0.4, -0.2) is 29.7 Å². The number of aliphatic imine (C=N–C) groups is 1. The van der Waals surface area contributed by atoms with Gasteiger partial charge in [-0.25, -0.2) is 23.1 Å². The van der Waals surface area contributed by atoms with Gasteiger partial charge in [-0.1, -0.05) is 23.2 Å². The second-order valence-corrected chi connectivity index (χ2v) is 8.68. The SMILES string of the molecule is Cc1cc(C)nc(NS(=O)(=O)c2ccc(N=Cc3cc(Cl)cc(Cl)c3O)cc2)n1. The number of benzene rings is 2. The standard InChI is InChI=1S/C19H16Cl2N4O3S/c1-11-7-12(2)24-19(23-11)25-29(27,28)16-5-3-15(4-6-16)22-10-13-8-14(20)9-17(21)18(13)26/h3-10,26H,1-2H3,(H,23,24,25). The Hall–Kier alpha value is -2.68. The summed E-state index contributed by atoms with van der Waals surface area (Å²) in [6.07, 6.45) is 1.39. The highest BCUT2D eigenvalue weighted by molar-refractivity contribution is 7.92. The van der Waals surface area contributed by atoms with Gasteiger partial charge in [0.1, 0.15) is 5.75 Å². The fourth-order valence-corrected chi connectivity index (χ4v) is 3.94. The lowest BCUT2D eigenvalue weighted by molar-refractivity contribution is 0.475. The smallest absolute Gasteiger partial charge is 0.264 e. The van der Waals surface area contributed by atoms with Crippen molar-refractivity contribution in [3.63, 3.8) is 0 Å². The zero-order valence-corrected chi connectivity index (χ0v) is 17.7. The van der Waals surface area contributed by atoms with Crippen LogP contribution in [0.1, 0.15) is 17.0 Å². The van der Waals surface area contributed by atoms with Crippen LogP contribution in [-0.2, 0) is 10.0 Å². The Bertz CT molecular complexity index is 1180. The van der Waals surface area contributed by atoms with Crippen LogP contribution in [0.3, 0.4) is 0 Å². The summed E-state index contributed by atoms with van der Waals surface area (Å²) < 4.78 is 27.4. The first-order valence-electron chi connectivity index (χ1n) is 8.31. The topological polar surface area (TPSA) is 105 Å². The number of aromatic nitrogens is 2. The van der Waals surface area contributed by atoms with Gasteiger partial charge < -0.3 is 5.11 Å². The number of aromatic hydroxyl groups is 1. The average Bonchev–Trinajstić information content (AvgIpc) is 2.62. The van der Waals surface area contributed by atoms with Crippen molar-refractivity contribution in [2.75, 3.05) is 4.72 Å². The summed E-state index contributed by atoms with van der Waals surface area (Å²) >= 11 is 11.8. The molecule has 1 aromatic heterocycles. The monoisotopic (exact) mass is 450 g/mol. The van der Waals surface area contributed by atoms with Crippen LogP contribution >= 0.6 is 23.2 Å². The molecule has 0 aliphatic carbocycles. The molecule has 0 amide bonds. The number of phenols is 1. The molecular formula is C19H16Cl2N4O3S. The Morgan fingerprint density at radius 2 is 1.66 bits per heavy atom. The molecule has 150 valence electrons. The molecule has 0 radical (unpaired) electrons. The van der Waals surface area contributed by atoms with E-state index in [9.17, 15) is 13.5 Å². The second-order valence-electron chi connectivity index (χ2n) is 6.16. The molecule has 2 N–H and O–H groups in total. The number of anilines is 1. The van der Waals surface area contributed by atoms with E-state index in [1.807, 2.05) is 0 Å². The molecule has 0 spiro atoms. The molecule has 29 heavy (non-hydrogen) atoms. The number of phenolic OH excluding ortho intramolecular Hbond substituents is 1. The van der Waals surface area contributed by atoms with Crippen molar-refractivity contribution in [3.8, 4) is 5.75 Å². The van der Waals surface area contributed by atoms with Crippen molar-refractivity contribution in [1.29, 1.82) is 0 Å². The minimum atomic E-state index is -3.85. The molecule has 1 heterocycles. The summed E-state index contributed by atoms with van der Waals surface area (Å²) in [7, 11) is -3.85. The van der Waals surface area contributed by atoms with Gasteiger partial charge in [-0.15, -0.1) is 0 Å². The summed E-state index contributed by atoms with van der Waals surface area (Å²) in [4.78, 5) is 12.4. The number of rotatable bonds is 5. The number of sulfonamides is 1. The highest BCUT2D eigenvalue weighted by Gasteiger charge is 2.16. The predicted molar refractivity (Wildman–Crippen MR) is 114 cm³/mol. The van der Waals surface area contributed by atoms with Crippen LogP contribution < -0.4 is 4.72 Å². The minimum absolute atomic E-state index is 0.0120. The molecule has 0 unspecified atom stereocenters. The van der Waals surface area contributed by atoms with E-state index in [0.29, 0.717) is 27.7 Å². The summed E-state index contributed by atoms with van der Waals surface area (Å²) in [6.45, 7) is 3.51. The highest BCUT2D eigenvalue weighted by Crippen LogP contribution is 2.30. The van der Waals surface area contributed by atoms with Gasteiger partial charge in [0.25, 0.3) is 10.0 Å². The first kappa shape index (κ1) is 21.0. The molecule has 0 aliphatic rings. The zero-order valence-electron chi connectivity index (χ0n) is 15.4. The van der Waals surface area contributed by atoms with Crippen molar-refractivity contribution in [1.82, 2.24) is 9.97 Å². The molecule has 3 aromatic rings. The second kappa shape index (κ2) is 8.36. The van der Waals surface area contributed by atoms with Crippen LogP contribution in [0.5, 0.6) is 5.75 Å². The van der Waals surface area contributed by atoms with Crippen molar-refractivity contribution in [2.24, 2.45) is 4.99 Å². The first-order chi connectivity index (χ1) is 13.6. The van der Waals surface area contributed by atoms with Gasteiger partial charge in [-0.3, -0.25) is 4.99 Å². The lowest BCUT2D eigenvalue weighted by Crippen LogP contribution is -2.15. The van der Waals surface area contributed by atoms with Crippen LogP contribution in [0.2, 0.25) is 10.0 Å². The molecule has 3 rings (SSSR count). The molecule has 0 atom stereocenters. The summed E-state index contributed by atoms with van der Waals surface area (Å²) in [5.41, 5.74) is 2.13. The Morgan fingerprint density at radius 1 is 1.03 bits per heavy atom. The van der Waals surface area contributed by atoms with Crippen molar-refractivity contribution < 1.29 is 13.5 Å². The third-order valence-electron chi connectivity index (χ3n) is 3.77. The Balaban J connectivity index is 1.81. The third-order valence-corrected chi connectivity index (χ3v) is 5.62. The number of hydrogen-bond donors (Lipinski definition) is 2. The largest absolute Gasteiger partial charge is 0.506 e. The summed E-state index contributed by atoms with van der Waals surface area (Å²) in [5, 5.41) is 10.4. The number of nitrogens with one attached hydrogen (secondary N) is 1. The van der Waals surface area contributed by atoms with E-state index in [0.717, 1.165) is 0 Å². The van der Waals surface area contributed by atoms with E-state index >= 15 is 0 Å². The summed E-state index contributed by atoms with van der Waals surface area (Å²) in [6, 6.07) is 10.5. The molecule has 0 aliphatic heterocycles.